The Morgan fingerprint density at radius 2 is 2.00 bits per heavy atom. The summed E-state index contributed by atoms with van der Waals surface area (Å²) in [5.41, 5.74) is 0.510. The third kappa shape index (κ3) is 2.61. The van der Waals surface area contributed by atoms with E-state index >= 15 is 0 Å². The third-order valence-electron chi connectivity index (χ3n) is 4.90. The van der Waals surface area contributed by atoms with Crippen molar-refractivity contribution < 1.29 is 5.11 Å². The number of fused-ring (bicyclic) bond motifs is 1. The smallest absolute Gasteiger partial charge is 0.0875 e. The van der Waals surface area contributed by atoms with Crippen molar-refractivity contribution in [2.75, 3.05) is 5.32 Å². The van der Waals surface area contributed by atoms with E-state index in [-0.39, 0.29) is 6.04 Å². The summed E-state index contributed by atoms with van der Waals surface area (Å²) in [4.78, 5) is 0. The zero-order chi connectivity index (χ0) is 13.3. The molecule has 19 heavy (non-hydrogen) atoms. The van der Waals surface area contributed by atoms with E-state index in [1.54, 1.807) is 0 Å². The summed E-state index contributed by atoms with van der Waals surface area (Å²) in [5, 5.41) is 15.4. The Balaban J connectivity index is 1.79. The lowest BCUT2D eigenvalue weighted by molar-refractivity contribution is -0.0835. The molecule has 104 valence electrons. The number of anilines is 1. The second-order valence-corrected chi connectivity index (χ2v) is 6.51. The van der Waals surface area contributed by atoms with Gasteiger partial charge in [-0.25, -0.2) is 0 Å². The molecule has 2 aliphatic rings. The number of halogens is 1. The molecule has 1 aromatic carbocycles. The topological polar surface area (TPSA) is 32.3 Å². The van der Waals surface area contributed by atoms with Gasteiger partial charge in [-0.2, -0.15) is 0 Å². The molecule has 0 spiro atoms. The molecule has 2 fully saturated rings. The van der Waals surface area contributed by atoms with Gasteiger partial charge >= 0.3 is 0 Å². The van der Waals surface area contributed by atoms with E-state index in [1.807, 2.05) is 24.3 Å². The summed E-state index contributed by atoms with van der Waals surface area (Å²) in [6, 6.07) is 7.98. The highest BCUT2D eigenvalue weighted by Gasteiger charge is 2.47. The van der Waals surface area contributed by atoms with Crippen molar-refractivity contribution in [2.24, 2.45) is 5.92 Å². The molecular weight excluding hydrogens is 258 g/mol. The molecule has 3 heteroatoms. The van der Waals surface area contributed by atoms with Crippen LogP contribution < -0.4 is 5.32 Å². The molecule has 3 rings (SSSR count). The van der Waals surface area contributed by atoms with Gasteiger partial charge in [0.05, 0.1) is 11.6 Å². The number of benzene rings is 1. The summed E-state index contributed by atoms with van der Waals surface area (Å²) in [6.45, 7) is 0. The zero-order valence-corrected chi connectivity index (χ0v) is 12.0. The van der Waals surface area contributed by atoms with E-state index in [0.29, 0.717) is 5.92 Å². The molecular formula is C16H22ClNO. The van der Waals surface area contributed by atoms with Gasteiger partial charge < -0.3 is 10.4 Å². The standard InChI is InChI=1S/C16H22ClNO/c17-13-7-4-8-14(11-13)18-15-9-3-6-12-5-1-2-10-16(12,15)19/h4,7-8,11-12,15,18-19H,1-3,5-6,9-10H2/t12-,15?,16-/m1/s1. The molecule has 0 aromatic heterocycles. The average molecular weight is 280 g/mol. The molecule has 3 atom stereocenters. The first-order chi connectivity index (χ1) is 9.18. The molecule has 0 saturated heterocycles. The molecule has 0 bridgehead atoms. The second kappa shape index (κ2) is 5.34. The minimum Gasteiger partial charge on any atom is -0.387 e. The van der Waals surface area contributed by atoms with Crippen molar-refractivity contribution in [3.8, 4) is 0 Å². The predicted molar refractivity (Wildman–Crippen MR) is 79.6 cm³/mol. The van der Waals surface area contributed by atoms with Crippen LogP contribution in [0.2, 0.25) is 5.02 Å². The van der Waals surface area contributed by atoms with E-state index in [0.717, 1.165) is 30.0 Å². The molecule has 0 heterocycles. The Bertz CT molecular complexity index is 448. The highest BCUT2D eigenvalue weighted by molar-refractivity contribution is 6.30. The van der Waals surface area contributed by atoms with Crippen LogP contribution in [0.4, 0.5) is 5.69 Å². The molecule has 1 aromatic rings. The first-order valence-corrected chi connectivity index (χ1v) is 7.81. The first-order valence-electron chi connectivity index (χ1n) is 7.43. The molecule has 0 aliphatic heterocycles. The summed E-state index contributed by atoms with van der Waals surface area (Å²) >= 11 is 6.03. The fraction of sp³-hybridized carbons (Fsp3) is 0.625. The number of nitrogens with one attached hydrogen (secondary N) is 1. The average Bonchev–Trinajstić information content (AvgIpc) is 2.40. The summed E-state index contributed by atoms with van der Waals surface area (Å²) in [6.07, 6.45) is 8.01. The van der Waals surface area contributed by atoms with Crippen LogP contribution in [0.15, 0.2) is 24.3 Å². The molecule has 2 nitrogen and oxygen atoms in total. The lowest BCUT2D eigenvalue weighted by Gasteiger charge is -2.49. The van der Waals surface area contributed by atoms with Gasteiger partial charge in [0, 0.05) is 10.7 Å². The van der Waals surface area contributed by atoms with Crippen LogP contribution in [0.5, 0.6) is 0 Å². The van der Waals surface area contributed by atoms with Crippen molar-refractivity contribution in [1.82, 2.24) is 0 Å². The van der Waals surface area contributed by atoms with Crippen molar-refractivity contribution in [2.45, 2.75) is 56.6 Å². The van der Waals surface area contributed by atoms with E-state index in [9.17, 15) is 5.11 Å². The van der Waals surface area contributed by atoms with Crippen molar-refractivity contribution in [1.29, 1.82) is 0 Å². The molecule has 2 N–H and O–H groups in total. The second-order valence-electron chi connectivity index (χ2n) is 6.07. The fourth-order valence-corrected chi connectivity index (χ4v) is 4.09. The van der Waals surface area contributed by atoms with Gasteiger partial charge in [-0.3, -0.25) is 0 Å². The largest absolute Gasteiger partial charge is 0.387 e. The van der Waals surface area contributed by atoms with Crippen molar-refractivity contribution in [3.63, 3.8) is 0 Å². The number of aliphatic hydroxyl groups is 1. The third-order valence-corrected chi connectivity index (χ3v) is 5.14. The summed E-state index contributed by atoms with van der Waals surface area (Å²) in [7, 11) is 0. The normalized spacial score (nSPS) is 34.6. The SMILES string of the molecule is O[C@]12CCCC[C@@H]1CCCC2Nc1cccc(Cl)c1. The molecule has 2 aliphatic carbocycles. The summed E-state index contributed by atoms with van der Waals surface area (Å²) in [5.74, 6) is 0.478. The quantitative estimate of drug-likeness (QED) is 0.849. The van der Waals surface area contributed by atoms with Gasteiger partial charge in [0.15, 0.2) is 0 Å². The van der Waals surface area contributed by atoms with Crippen molar-refractivity contribution in [3.05, 3.63) is 29.3 Å². The summed E-state index contributed by atoms with van der Waals surface area (Å²) < 4.78 is 0. The van der Waals surface area contributed by atoms with Crippen LogP contribution >= 0.6 is 11.6 Å². The van der Waals surface area contributed by atoms with Gasteiger partial charge in [0.25, 0.3) is 0 Å². The number of hydrogen-bond acceptors (Lipinski definition) is 2. The lowest BCUT2D eigenvalue weighted by atomic mass is 9.65. The Labute approximate surface area is 120 Å². The van der Waals surface area contributed by atoms with Gasteiger partial charge in [0.1, 0.15) is 0 Å². The number of hydrogen-bond donors (Lipinski definition) is 2. The van der Waals surface area contributed by atoms with E-state index in [2.05, 4.69) is 5.32 Å². The fourth-order valence-electron chi connectivity index (χ4n) is 3.90. The maximum atomic E-state index is 11.1. The van der Waals surface area contributed by atoms with Gasteiger partial charge in [-0.05, 0) is 49.8 Å². The zero-order valence-electron chi connectivity index (χ0n) is 11.2. The van der Waals surface area contributed by atoms with Gasteiger partial charge in [0.2, 0.25) is 0 Å². The molecule has 2 saturated carbocycles. The molecule has 0 radical (unpaired) electrons. The van der Waals surface area contributed by atoms with Crippen LogP contribution in [-0.4, -0.2) is 16.7 Å². The minimum absolute atomic E-state index is 0.171. The Morgan fingerprint density at radius 3 is 2.84 bits per heavy atom. The maximum Gasteiger partial charge on any atom is 0.0875 e. The lowest BCUT2D eigenvalue weighted by Crippen LogP contribution is -2.56. The van der Waals surface area contributed by atoms with Crippen LogP contribution in [0.1, 0.15) is 44.9 Å². The van der Waals surface area contributed by atoms with Crippen molar-refractivity contribution >= 4 is 17.3 Å². The van der Waals surface area contributed by atoms with Gasteiger partial charge in [-0.15, -0.1) is 0 Å². The maximum absolute atomic E-state index is 11.1. The minimum atomic E-state index is -0.515. The Kier molecular flexibility index (Phi) is 3.72. The molecule has 0 amide bonds. The van der Waals surface area contributed by atoms with E-state index in [1.165, 1.54) is 25.7 Å². The van der Waals surface area contributed by atoms with Gasteiger partial charge in [-0.1, -0.05) is 36.9 Å². The van der Waals surface area contributed by atoms with Crippen LogP contribution in [-0.2, 0) is 0 Å². The van der Waals surface area contributed by atoms with Crippen LogP contribution in [0.3, 0.4) is 0 Å². The van der Waals surface area contributed by atoms with Crippen LogP contribution in [0.25, 0.3) is 0 Å². The Hall–Kier alpha value is -0.730. The predicted octanol–water partition coefficient (Wildman–Crippen LogP) is 4.23. The highest BCUT2D eigenvalue weighted by atomic mass is 35.5. The number of rotatable bonds is 2. The van der Waals surface area contributed by atoms with Crippen LogP contribution in [0, 0.1) is 5.92 Å². The monoisotopic (exact) mass is 279 g/mol. The Morgan fingerprint density at radius 1 is 1.16 bits per heavy atom. The van der Waals surface area contributed by atoms with E-state index in [4.69, 9.17) is 11.6 Å². The van der Waals surface area contributed by atoms with E-state index < -0.39 is 5.60 Å². The highest BCUT2D eigenvalue weighted by Crippen LogP contribution is 2.44. The molecule has 1 unspecified atom stereocenters. The first kappa shape index (κ1) is 13.3.